The summed E-state index contributed by atoms with van der Waals surface area (Å²) < 4.78 is 0. The Morgan fingerprint density at radius 1 is 0.950 bits per heavy atom. The first-order chi connectivity index (χ1) is 9.65. The van der Waals surface area contributed by atoms with Crippen LogP contribution in [0.1, 0.15) is 49.0 Å². The molecule has 0 aromatic heterocycles. The van der Waals surface area contributed by atoms with E-state index in [0.717, 1.165) is 17.5 Å². The van der Waals surface area contributed by atoms with E-state index in [9.17, 15) is 5.11 Å². The number of aliphatic hydroxyl groups is 1. The molecule has 0 aliphatic carbocycles. The summed E-state index contributed by atoms with van der Waals surface area (Å²) >= 11 is 0. The number of hydrogen-bond acceptors (Lipinski definition) is 1. The van der Waals surface area contributed by atoms with Gasteiger partial charge < -0.3 is 5.11 Å². The molecule has 2 rings (SSSR count). The lowest BCUT2D eigenvalue weighted by atomic mass is 9.78. The molecule has 0 fully saturated rings. The molecule has 1 N–H and O–H groups in total. The van der Waals surface area contributed by atoms with E-state index < -0.39 is 6.10 Å². The molecule has 0 amide bonds. The van der Waals surface area contributed by atoms with Crippen molar-refractivity contribution in [2.75, 3.05) is 0 Å². The van der Waals surface area contributed by atoms with E-state index in [1.54, 1.807) is 0 Å². The van der Waals surface area contributed by atoms with Gasteiger partial charge in [-0.2, -0.15) is 0 Å². The van der Waals surface area contributed by atoms with Crippen LogP contribution in [-0.4, -0.2) is 5.11 Å². The van der Waals surface area contributed by atoms with Gasteiger partial charge in [-0.25, -0.2) is 0 Å². The molecular weight excluding hydrogens is 244 g/mol. The van der Waals surface area contributed by atoms with Crippen molar-refractivity contribution in [1.82, 2.24) is 0 Å². The van der Waals surface area contributed by atoms with Gasteiger partial charge in [-0.05, 0) is 29.5 Å². The Bertz CT molecular complexity index is 532. The molecule has 20 heavy (non-hydrogen) atoms. The normalized spacial score (nSPS) is 15.6. The molecule has 0 saturated heterocycles. The Morgan fingerprint density at radius 2 is 1.55 bits per heavy atom. The number of hydrogen-bond donors (Lipinski definition) is 1. The summed E-state index contributed by atoms with van der Waals surface area (Å²) in [4.78, 5) is 0. The molecule has 106 valence electrons. The standard InChI is InChI=1S/C19H24O/c1-4-14(2)18(16-11-6-5-7-12-16)19(20)17-13-9-8-10-15(17)3/h5-14,18-20H,4H2,1-3H3. The van der Waals surface area contributed by atoms with Gasteiger partial charge in [0.05, 0.1) is 6.10 Å². The predicted molar refractivity (Wildman–Crippen MR) is 84.8 cm³/mol. The van der Waals surface area contributed by atoms with Crippen molar-refractivity contribution < 1.29 is 5.11 Å². The highest BCUT2D eigenvalue weighted by Crippen LogP contribution is 2.39. The molecule has 0 spiro atoms. The molecular formula is C19H24O. The summed E-state index contributed by atoms with van der Waals surface area (Å²) in [6.45, 7) is 6.47. The Labute approximate surface area is 122 Å². The van der Waals surface area contributed by atoms with Crippen molar-refractivity contribution >= 4 is 0 Å². The van der Waals surface area contributed by atoms with Crippen molar-refractivity contribution in [2.45, 2.75) is 39.2 Å². The van der Waals surface area contributed by atoms with Crippen molar-refractivity contribution in [1.29, 1.82) is 0 Å². The highest BCUT2D eigenvalue weighted by molar-refractivity contribution is 5.32. The van der Waals surface area contributed by atoms with E-state index in [1.807, 2.05) is 24.3 Å². The van der Waals surface area contributed by atoms with Crippen molar-refractivity contribution in [3.8, 4) is 0 Å². The maximum Gasteiger partial charge on any atom is 0.0863 e. The molecule has 1 heteroatoms. The lowest BCUT2D eigenvalue weighted by Crippen LogP contribution is -2.18. The fourth-order valence-electron chi connectivity index (χ4n) is 2.86. The summed E-state index contributed by atoms with van der Waals surface area (Å²) in [6.07, 6.45) is 0.608. The third-order valence-electron chi connectivity index (χ3n) is 4.29. The van der Waals surface area contributed by atoms with Gasteiger partial charge in [0.1, 0.15) is 0 Å². The molecule has 0 bridgehead atoms. The zero-order chi connectivity index (χ0) is 14.5. The topological polar surface area (TPSA) is 20.2 Å². The molecule has 0 aliphatic heterocycles. The molecule has 0 heterocycles. The smallest absolute Gasteiger partial charge is 0.0863 e. The monoisotopic (exact) mass is 268 g/mol. The summed E-state index contributed by atoms with van der Waals surface area (Å²) in [5, 5.41) is 10.9. The molecule has 0 aliphatic rings. The van der Waals surface area contributed by atoms with Gasteiger partial charge in [0.2, 0.25) is 0 Å². The van der Waals surface area contributed by atoms with Crippen LogP contribution in [0.25, 0.3) is 0 Å². The first-order valence-corrected chi connectivity index (χ1v) is 7.43. The van der Waals surface area contributed by atoms with Gasteiger partial charge in [-0.15, -0.1) is 0 Å². The van der Waals surface area contributed by atoms with E-state index in [2.05, 4.69) is 51.1 Å². The number of rotatable bonds is 5. The Hall–Kier alpha value is -1.60. The third kappa shape index (κ3) is 3.10. The maximum absolute atomic E-state index is 10.9. The average molecular weight is 268 g/mol. The lowest BCUT2D eigenvalue weighted by Gasteiger charge is -2.29. The second-order valence-electron chi connectivity index (χ2n) is 5.62. The minimum atomic E-state index is -0.450. The van der Waals surface area contributed by atoms with E-state index in [1.165, 1.54) is 5.56 Å². The van der Waals surface area contributed by atoms with Crippen molar-refractivity contribution in [3.05, 3.63) is 71.3 Å². The van der Waals surface area contributed by atoms with Crippen LogP contribution in [0.4, 0.5) is 0 Å². The number of aryl methyl sites for hydroxylation is 1. The van der Waals surface area contributed by atoms with E-state index >= 15 is 0 Å². The largest absolute Gasteiger partial charge is 0.388 e. The minimum Gasteiger partial charge on any atom is -0.388 e. The number of benzene rings is 2. The summed E-state index contributed by atoms with van der Waals surface area (Å²) in [6, 6.07) is 18.5. The highest BCUT2D eigenvalue weighted by Gasteiger charge is 2.27. The van der Waals surface area contributed by atoms with E-state index in [4.69, 9.17) is 0 Å². The van der Waals surface area contributed by atoms with Crippen LogP contribution in [0, 0.1) is 12.8 Å². The molecule has 1 nitrogen and oxygen atoms in total. The van der Waals surface area contributed by atoms with Crippen molar-refractivity contribution in [3.63, 3.8) is 0 Å². The maximum atomic E-state index is 10.9. The van der Waals surface area contributed by atoms with Crippen LogP contribution in [0.5, 0.6) is 0 Å². The average Bonchev–Trinajstić information content (AvgIpc) is 2.48. The summed E-state index contributed by atoms with van der Waals surface area (Å²) in [5.41, 5.74) is 3.42. The van der Waals surface area contributed by atoms with Crippen LogP contribution in [0.15, 0.2) is 54.6 Å². The quantitative estimate of drug-likeness (QED) is 0.821. The van der Waals surface area contributed by atoms with Crippen LogP contribution in [0.2, 0.25) is 0 Å². The van der Waals surface area contributed by atoms with Gasteiger partial charge in [0, 0.05) is 5.92 Å². The zero-order valence-corrected chi connectivity index (χ0v) is 12.6. The molecule has 3 atom stereocenters. The Balaban J connectivity index is 2.40. The molecule has 0 radical (unpaired) electrons. The van der Waals surface area contributed by atoms with Gasteiger partial charge >= 0.3 is 0 Å². The zero-order valence-electron chi connectivity index (χ0n) is 12.6. The first kappa shape index (κ1) is 14.8. The van der Waals surface area contributed by atoms with Crippen molar-refractivity contribution in [2.24, 2.45) is 5.92 Å². The van der Waals surface area contributed by atoms with Crippen LogP contribution in [-0.2, 0) is 0 Å². The van der Waals surface area contributed by atoms with Crippen LogP contribution in [0.3, 0.4) is 0 Å². The molecule has 2 aromatic carbocycles. The summed E-state index contributed by atoms with van der Waals surface area (Å²) in [5.74, 6) is 0.578. The molecule has 2 aromatic rings. The molecule has 0 saturated carbocycles. The third-order valence-corrected chi connectivity index (χ3v) is 4.29. The fraction of sp³-hybridized carbons (Fsp3) is 0.368. The van der Waals surface area contributed by atoms with Gasteiger partial charge in [-0.1, -0.05) is 74.9 Å². The van der Waals surface area contributed by atoms with E-state index in [-0.39, 0.29) is 5.92 Å². The Morgan fingerprint density at radius 3 is 2.15 bits per heavy atom. The minimum absolute atomic E-state index is 0.141. The van der Waals surface area contributed by atoms with E-state index in [0.29, 0.717) is 5.92 Å². The lowest BCUT2D eigenvalue weighted by molar-refractivity contribution is 0.117. The highest BCUT2D eigenvalue weighted by atomic mass is 16.3. The first-order valence-electron chi connectivity index (χ1n) is 7.43. The second-order valence-corrected chi connectivity index (χ2v) is 5.62. The SMILES string of the molecule is CCC(C)C(c1ccccc1)C(O)c1ccccc1C. The van der Waals surface area contributed by atoms with Gasteiger partial charge in [-0.3, -0.25) is 0 Å². The van der Waals surface area contributed by atoms with Crippen LogP contribution < -0.4 is 0 Å². The number of aliphatic hydroxyl groups excluding tert-OH is 1. The van der Waals surface area contributed by atoms with Crippen LogP contribution >= 0.6 is 0 Å². The predicted octanol–water partition coefficient (Wildman–Crippen LogP) is 4.86. The summed E-state index contributed by atoms with van der Waals surface area (Å²) in [7, 11) is 0. The second kappa shape index (κ2) is 6.71. The van der Waals surface area contributed by atoms with Gasteiger partial charge in [0.25, 0.3) is 0 Å². The Kier molecular flexibility index (Phi) is 4.97. The molecule has 3 unspecified atom stereocenters. The van der Waals surface area contributed by atoms with Gasteiger partial charge in [0.15, 0.2) is 0 Å². The fourth-order valence-corrected chi connectivity index (χ4v) is 2.86.